The third-order valence-electron chi connectivity index (χ3n) is 7.28. The molecule has 0 heterocycles. The van der Waals surface area contributed by atoms with Crippen LogP contribution in [0.2, 0.25) is 0 Å². The molecule has 0 aromatic heterocycles. The summed E-state index contributed by atoms with van der Waals surface area (Å²) in [7, 11) is 0. The van der Waals surface area contributed by atoms with Crippen LogP contribution in [0.1, 0.15) is 0 Å². The quantitative estimate of drug-likeness (QED) is 0.0338. The summed E-state index contributed by atoms with van der Waals surface area (Å²) < 4.78 is 80.4. The molecule has 338 valence electrons. The molecule has 0 aliphatic heterocycles. The highest BCUT2D eigenvalue weighted by molar-refractivity contribution is 4.83. The van der Waals surface area contributed by atoms with Crippen LogP contribution < -0.4 is 0 Å². The maximum Gasteiger partial charge on any atom is 0.0701 e. The molecule has 0 bridgehead atoms. The van der Waals surface area contributed by atoms with Crippen molar-refractivity contribution in [2.24, 2.45) is 10.8 Å². The Morgan fingerprint density at radius 2 is 0.321 bits per heavy atom. The van der Waals surface area contributed by atoms with Crippen molar-refractivity contribution in [2.75, 3.05) is 225 Å². The molecule has 20 heteroatoms. The molecule has 56 heavy (non-hydrogen) atoms. The van der Waals surface area contributed by atoms with Crippen LogP contribution in [-0.4, -0.2) is 255 Å². The van der Waals surface area contributed by atoms with Crippen LogP contribution >= 0.6 is 0 Å². The summed E-state index contributed by atoms with van der Waals surface area (Å²) in [6, 6.07) is 0. The molecule has 6 N–H and O–H groups in total. The van der Waals surface area contributed by atoms with E-state index < -0.39 is 10.8 Å². The zero-order valence-corrected chi connectivity index (χ0v) is 33.4. The molecule has 0 aromatic carbocycles. The highest BCUT2D eigenvalue weighted by Gasteiger charge is 2.37. The van der Waals surface area contributed by atoms with E-state index in [0.29, 0.717) is 19.8 Å². The Morgan fingerprint density at radius 1 is 0.179 bits per heavy atom. The fraction of sp³-hybridized carbons (Fsp3) is 1.00. The summed E-state index contributed by atoms with van der Waals surface area (Å²) in [5.41, 5.74) is -1.66. The predicted octanol–water partition coefficient (Wildman–Crippen LogP) is -2.85. The molecule has 20 nitrogen and oxygen atoms in total. The third kappa shape index (κ3) is 35.2. The van der Waals surface area contributed by atoms with Gasteiger partial charge in [-0.3, -0.25) is 0 Å². The highest BCUT2D eigenvalue weighted by Crippen LogP contribution is 2.25. The first-order valence-corrected chi connectivity index (χ1v) is 19.3. The van der Waals surface area contributed by atoms with E-state index in [0.717, 1.165) is 0 Å². The molecule has 0 aliphatic rings. The Morgan fingerprint density at radius 3 is 0.500 bits per heavy atom. The summed E-state index contributed by atoms with van der Waals surface area (Å²) in [5, 5.41) is 54.2. The summed E-state index contributed by atoms with van der Waals surface area (Å²) in [6.07, 6.45) is 0. The minimum Gasteiger partial charge on any atom is -0.394 e. The van der Waals surface area contributed by atoms with Gasteiger partial charge in [0.15, 0.2) is 0 Å². The Hall–Kier alpha value is -0.800. The number of ether oxygens (including phenoxy) is 14. The monoisotopic (exact) mass is 826 g/mol. The average molecular weight is 827 g/mol. The molecular formula is C36H74O20. The highest BCUT2D eigenvalue weighted by atomic mass is 16.6. The van der Waals surface area contributed by atoms with E-state index >= 15 is 0 Å². The summed E-state index contributed by atoms with van der Waals surface area (Å²) in [4.78, 5) is 0. The van der Waals surface area contributed by atoms with Crippen molar-refractivity contribution < 1.29 is 97.0 Å². The Balaban J connectivity index is 6.02. The predicted molar refractivity (Wildman–Crippen MR) is 199 cm³/mol. The lowest BCUT2D eigenvalue weighted by Gasteiger charge is -2.37. The van der Waals surface area contributed by atoms with Crippen LogP contribution in [0.4, 0.5) is 0 Å². The van der Waals surface area contributed by atoms with Crippen molar-refractivity contribution in [2.45, 2.75) is 0 Å². The van der Waals surface area contributed by atoms with Crippen LogP contribution in [0.15, 0.2) is 0 Å². The van der Waals surface area contributed by atoms with Crippen LogP contribution in [0.25, 0.3) is 0 Å². The van der Waals surface area contributed by atoms with Gasteiger partial charge >= 0.3 is 0 Å². The number of hydrogen-bond donors (Lipinski definition) is 6. The minimum atomic E-state index is -0.832. The Kier molecular flexibility index (Phi) is 43.1. The lowest BCUT2D eigenvalue weighted by Crippen LogP contribution is -2.46. The lowest BCUT2D eigenvalue weighted by atomic mass is 9.90. The van der Waals surface area contributed by atoms with E-state index in [2.05, 4.69) is 0 Å². The summed E-state index contributed by atoms with van der Waals surface area (Å²) in [6.45, 7) is 5.55. The van der Waals surface area contributed by atoms with E-state index in [4.69, 9.17) is 97.0 Å². The summed E-state index contributed by atoms with van der Waals surface area (Å²) in [5.74, 6) is 0. The topological polar surface area (TPSA) is 251 Å². The first-order chi connectivity index (χ1) is 27.6. The van der Waals surface area contributed by atoms with Gasteiger partial charge < -0.3 is 97.0 Å². The molecule has 0 aliphatic carbocycles. The number of hydrogen-bond acceptors (Lipinski definition) is 20. The second-order valence-electron chi connectivity index (χ2n) is 12.4. The number of aliphatic hydroxyl groups excluding tert-OH is 6. The van der Waals surface area contributed by atoms with Gasteiger partial charge in [0.05, 0.1) is 235 Å². The van der Waals surface area contributed by atoms with Gasteiger partial charge in [-0.1, -0.05) is 0 Å². The molecule has 0 radical (unpaired) electrons. The van der Waals surface area contributed by atoms with Crippen molar-refractivity contribution in [1.82, 2.24) is 0 Å². The average Bonchev–Trinajstić information content (AvgIpc) is 3.20. The lowest BCUT2D eigenvalue weighted by molar-refractivity contribution is -0.150. The second kappa shape index (κ2) is 43.8. The Labute approximate surface area is 332 Å². The molecular weight excluding hydrogens is 752 g/mol. The van der Waals surface area contributed by atoms with Crippen molar-refractivity contribution in [3.63, 3.8) is 0 Å². The van der Waals surface area contributed by atoms with E-state index in [1.807, 2.05) is 0 Å². The van der Waals surface area contributed by atoms with Crippen molar-refractivity contribution in [1.29, 1.82) is 0 Å². The largest absolute Gasteiger partial charge is 0.394 e. The zero-order valence-electron chi connectivity index (χ0n) is 33.4. The first kappa shape index (κ1) is 55.2. The van der Waals surface area contributed by atoms with Crippen molar-refractivity contribution in [3.05, 3.63) is 0 Å². The summed E-state index contributed by atoms with van der Waals surface area (Å²) >= 11 is 0. The third-order valence-corrected chi connectivity index (χ3v) is 7.28. The fourth-order valence-electron chi connectivity index (χ4n) is 4.64. The molecule has 0 saturated heterocycles. The van der Waals surface area contributed by atoms with Crippen LogP contribution in [0.3, 0.4) is 0 Å². The molecule has 0 saturated carbocycles. The molecule has 0 fully saturated rings. The number of rotatable bonds is 49. The van der Waals surface area contributed by atoms with E-state index in [9.17, 15) is 0 Å². The normalized spacial score (nSPS) is 12.3. The second-order valence-corrected chi connectivity index (χ2v) is 12.4. The maximum absolute atomic E-state index is 9.07. The van der Waals surface area contributed by atoms with Crippen molar-refractivity contribution >= 4 is 0 Å². The van der Waals surface area contributed by atoms with Gasteiger partial charge in [-0.15, -0.1) is 0 Å². The van der Waals surface area contributed by atoms with Crippen LogP contribution in [0.5, 0.6) is 0 Å². The van der Waals surface area contributed by atoms with Crippen LogP contribution in [0, 0.1) is 10.8 Å². The van der Waals surface area contributed by atoms with E-state index in [1.165, 1.54) is 0 Å². The molecule has 0 aromatic rings. The van der Waals surface area contributed by atoms with Gasteiger partial charge in [0.2, 0.25) is 0 Å². The zero-order chi connectivity index (χ0) is 40.9. The standard InChI is InChI=1S/C36H74O20/c37-1-7-43-13-14-49-20-26-55-32-36(30-53-24-18-47-11-5-41,31-54-25-19-48-12-6-42)34-56-33-35(27-50-21-15-44-8-2-38,28-51-22-16-45-9-3-39)29-52-23-17-46-10-4-40/h37-42H,1-34H2. The van der Waals surface area contributed by atoms with Gasteiger partial charge in [0, 0.05) is 0 Å². The number of aliphatic hydroxyl groups is 6. The van der Waals surface area contributed by atoms with Gasteiger partial charge in [0.1, 0.15) is 0 Å². The van der Waals surface area contributed by atoms with Gasteiger partial charge in [-0.05, 0) is 0 Å². The van der Waals surface area contributed by atoms with Crippen LogP contribution in [-0.2, 0) is 66.3 Å². The minimum absolute atomic E-state index is 0.0616. The van der Waals surface area contributed by atoms with E-state index in [-0.39, 0.29) is 205 Å². The fourth-order valence-corrected chi connectivity index (χ4v) is 4.64. The molecule has 0 amide bonds. The molecule has 0 atom stereocenters. The molecule has 0 rings (SSSR count). The maximum atomic E-state index is 9.07. The SMILES string of the molecule is OCCOCCOCCOCC(COCCOCCO)(COCCOCCO)COCC(COCCOCCO)(COCCOCCO)COCCOCCO. The van der Waals surface area contributed by atoms with Gasteiger partial charge in [-0.25, -0.2) is 0 Å². The van der Waals surface area contributed by atoms with Gasteiger partial charge in [-0.2, -0.15) is 0 Å². The Bertz CT molecular complexity index is 701. The molecule has 0 unspecified atom stereocenters. The first-order valence-electron chi connectivity index (χ1n) is 19.3. The molecule has 0 spiro atoms. The van der Waals surface area contributed by atoms with Gasteiger partial charge in [0.25, 0.3) is 0 Å². The van der Waals surface area contributed by atoms with Crippen molar-refractivity contribution in [3.8, 4) is 0 Å². The van der Waals surface area contributed by atoms with E-state index in [1.54, 1.807) is 0 Å². The smallest absolute Gasteiger partial charge is 0.0701 e.